The van der Waals surface area contributed by atoms with Crippen molar-refractivity contribution in [3.8, 4) is 0 Å². The maximum atomic E-state index is 13.1. The van der Waals surface area contributed by atoms with Gasteiger partial charge in [-0.2, -0.15) is 13.2 Å². The third-order valence-corrected chi connectivity index (χ3v) is 6.15. The molecule has 12 heteroatoms. The molecule has 2 aromatic carbocycles. The first kappa shape index (κ1) is 27.9. The van der Waals surface area contributed by atoms with Gasteiger partial charge in [-0.25, -0.2) is 19.5 Å². The van der Waals surface area contributed by atoms with E-state index in [4.69, 9.17) is 17.3 Å². The second kappa shape index (κ2) is 11.5. The minimum atomic E-state index is -4.54. The van der Waals surface area contributed by atoms with Crippen molar-refractivity contribution in [2.45, 2.75) is 32.0 Å². The number of halogens is 4. The smallest absolute Gasteiger partial charge is 0.416 e. The number of carbonyl (C=O) groups is 2. The summed E-state index contributed by atoms with van der Waals surface area (Å²) in [6.07, 6.45) is -3.83. The fraction of sp³-hybridized carbons (Fsp3) is 0.320. The van der Waals surface area contributed by atoms with E-state index in [9.17, 15) is 22.8 Å². The zero-order valence-electron chi connectivity index (χ0n) is 20.3. The summed E-state index contributed by atoms with van der Waals surface area (Å²) in [6, 6.07) is 7.95. The highest BCUT2D eigenvalue weighted by atomic mass is 35.5. The molecule has 3 N–H and O–H groups in total. The van der Waals surface area contributed by atoms with Crippen LogP contribution in [0.25, 0.3) is 0 Å². The number of likely N-dealkylation sites (tertiary alicyclic amines) is 1. The number of alkyl halides is 3. The number of urea groups is 1. The first-order chi connectivity index (χ1) is 17.4. The van der Waals surface area contributed by atoms with Crippen LogP contribution in [0.2, 0.25) is 5.02 Å². The van der Waals surface area contributed by atoms with Crippen molar-refractivity contribution in [3.63, 3.8) is 0 Å². The summed E-state index contributed by atoms with van der Waals surface area (Å²) in [7, 11) is 1.29. The number of amides is 3. The highest BCUT2D eigenvalue weighted by Crippen LogP contribution is 2.31. The summed E-state index contributed by atoms with van der Waals surface area (Å²) in [6.45, 7) is 6.84. The number of amidine groups is 1. The molecule has 0 aromatic heterocycles. The number of piperidine rings is 1. The van der Waals surface area contributed by atoms with Gasteiger partial charge < -0.3 is 20.7 Å². The quantitative estimate of drug-likeness (QED) is 0.400. The van der Waals surface area contributed by atoms with E-state index in [2.05, 4.69) is 21.6 Å². The van der Waals surface area contributed by atoms with Gasteiger partial charge in [-0.3, -0.25) is 0 Å². The van der Waals surface area contributed by atoms with Crippen LogP contribution in [0.4, 0.5) is 28.4 Å². The number of hydrogen-bond acceptors (Lipinski definition) is 5. The number of aliphatic imine (C=N–C) groups is 1. The Morgan fingerprint density at radius 3 is 2.32 bits per heavy atom. The lowest BCUT2D eigenvalue weighted by molar-refractivity contribution is -0.137. The van der Waals surface area contributed by atoms with E-state index in [0.29, 0.717) is 47.9 Å². The second-order valence-electron chi connectivity index (χ2n) is 8.43. The van der Waals surface area contributed by atoms with Crippen molar-refractivity contribution in [1.82, 2.24) is 10.2 Å². The second-order valence-corrected chi connectivity index (χ2v) is 8.86. The van der Waals surface area contributed by atoms with Gasteiger partial charge in [0.2, 0.25) is 0 Å². The highest BCUT2D eigenvalue weighted by Gasteiger charge is 2.31. The van der Waals surface area contributed by atoms with Crippen LogP contribution in [0.5, 0.6) is 0 Å². The number of rotatable bonds is 5. The van der Waals surface area contributed by atoms with E-state index in [0.717, 1.165) is 29.2 Å². The van der Waals surface area contributed by atoms with E-state index >= 15 is 0 Å². The third-order valence-electron chi connectivity index (χ3n) is 5.92. The predicted octanol–water partition coefficient (Wildman–Crippen LogP) is 5.29. The van der Waals surface area contributed by atoms with Crippen LogP contribution < -0.4 is 16.0 Å². The Morgan fingerprint density at radius 2 is 1.81 bits per heavy atom. The van der Waals surface area contributed by atoms with Crippen LogP contribution in [0.3, 0.4) is 0 Å². The average Bonchev–Trinajstić information content (AvgIpc) is 2.83. The molecule has 0 atom stereocenters. The van der Waals surface area contributed by atoms with Gasteiger partial charge in [-0.05, 0) is 67.8 Å². The fourth-order valence-electron chi connectivity index (χ4n) is 3.96. The molecule has 37 heavy (non-hydrogen) atoms. The molecule has 0 aliphatic carbocycles. The number of nitrogens with two attached hydrogens (primary N) is 1. The Balaban J connectivity index is 1.98. The predicted molar refractivity (Wildman–Crippen MR) is 136 cm³/mol. The zero-order valence-corrected chi connectivity index (χ0v) is 21.1. The monoisotopic (exact) mass is 537 g/mol. The lowest BCUT2D eigenvalue weighted by Gasteiger charge is -2.34. The van der Waals surface area contributed by atoms with E-state index < -0.39 is 23.9 Å². The van der Waals surface area contributed by atoms with Crippen LogP contribution in [-0.2, 0) is 10.9 Å². The number of ether oxygens (including phenoxy) is 1. The van der Waals surface area contributed by atoms with Crippen molar-refractivity contribution < 1.29 is 27.5 Å². The van der Waals surface area contributed by atoms with E-state index in [1.807, 2.05) is 4.90 Å². The largest absolute Gasteiger partial charge is 0.453 e. The van der Waals surface area contributed by atoms with Gasteiger partial charge in [0.25, 0.3) is 0 Å². The Kier molecular flexibility index (Phi) is 8.69. The fourth-order valence-corrected chi connectivity index (χ4v) is 4.19. The van der Waals surface area contributed by atoms with E-state index in [-0.39, 0.29) is 17.6 Å². The first-order valence-corrected chi connectivity index (χ1v) is 11.7. The summed E-state index contributed by atoms with van der Waals surface area (Å²) in [5, 5.41) is 3.22. The zero-order chi connectivity index (χ0) is 27.3. The summed E-state index contributed by atoms with van der Waals surface area (Å²) in [5.74, 6) is 0.403. The molecule has 0 spiro atoms. The number of methoxy groups -OCH3 is 1. The maximum Gasteiger partial charge on any atom is 0.416 e. The molecule has 1 fully saturated rings. The number of benzene rings is 2. The lowest BCUT2D eigenvalue weighted by atomic mass is 10.1. The van der Waals surface area contributed by atoms with Crippen LogP contribution >= 0.6 is 11.6 Å². The van der Waals surface area contributed by atoms with Crippen molar-refractivity contribution in [3.05, 3.63) is 76.6 Å². The SMILES string of the molecule is C=C(/N=C(/c1ccc(Cl)cc1C)N(C(N)=O)c1ccc(C(F)(F)F)cc1)N1CCC(NC(=O)OC)CC1. The number of alkyl carbamates (subject to hydrolysis) is 1. The summed E-state index contributed by atoms with van der Waals surface area (Å²) in [4.78, 5) is 31.7. The Morgan fingerprint density at radius 1 is 1.19 bits per heavy atom. The minimum Gasteiger partial charge on any atom is -0.453 e. The Hall–Kier alpha value is -3.73. The summed E-state index contributed by atoms with van der Waals surface area (Å²) >= 11 is 6.11. The molecular weight excluding hydrogens is 511 g/mol. The number of primary amides is 1. The molecule has 1 aliphatic heterocycles. The Bertz CT molecular complexity index is 1190. The third kappa shape index (κ3) is 6.94. The van der Waals surface area contributed by atoms with Gasteiger partial charge in [-0.1, -0.05) is 18.2 Å². The number of nitrogens with zero attached hydrogens (tertiary/aromatic N) is 3. The number of hydrogen-bond donors (Lipinski definition) is 2. The van der Waals surface area contributed by atoms with Gasteiger partial charge in [-0.15, -0.1) is 0 Å². The van der Waals surface area contributed by atoms with E-state index in [1.54, 1.807) is 25.1 Å². The number of carbonyl (C=O) groups excluding carboxylic acids is 2. The van der Waals surface area contributed by atoms with Gasteiger partial charge in [0.15, 0.2) is 5.84 Å². The maximum absolute atomic E-state index is 13.1. The van der Waals surface area contributed by atoms with Gasteiger partial charge in [0.05, 0.1) is 18.4 Å². The normalized spacial score (nSPS) is 14.8. The van der Waals surface area contributed by atoms with Gasteiger partial charge in [0.1, 0.15) is 5.82 Å². The van der Waals surface area contributed by atoms with Crippen molar-refractivity contribution >= 4 is 35.2 Å². The summed E-state index contributed by atoms with van der Waals surface area (Å²) < 4.78 is 43.9. The standard InChI is InChI=1S/C25H27ClF3N5O3/c1-15-14-18(26)6-9-21(15)22(31-16(2)33-12-10-19(11-13-33)32-24(36)37-3)34(23(30)35)20-7-4-17(5-8-20)25(27,28)29/h4-9,14,19H,2,10-13H2,1,3H3,(H2,30,35)(H,32,36)/b31-22-. The molecule has 1 aliphatic rings. The first-order valence-electron chi connectivity index (χ1n) is 11.3. The molecule has 198 valence electrons. The molecule has 2 aromatic rings. The minimum absolute atomic E-state index is 0.0762. The molecule has 3 rings (SSSR count). The number of anilines is 1. The molecule has 0 radical (unpaired) electrons. The number of aryl methyl sites for hydroxylation is 1. The van der Waals surface area contributed by atoms with Crippen molar-refractivity contribution in [2.24, 2.45) is 10.7 Å². The van der Waals surface area contributed by atoms with Crippen LogP contribution in [0, 0.1) is 6.92 Å². The van der Waals surface area contributed by atoms with Crippen LogP contribution in [-0.4, -0.2) is 49.1 Å². The van der Waals surface area contributed by atoms with Gasteiger partial charge in [0, 0.05) is 29.7 Å². The molecule has 1 heterocycles. The molecule has 0 unspecified atom stereocenters. The van der Waals surface area contributed by atoms with Crippen molar-refractivity contribution in [2.75, 3.05) is 25.1 Å². The highest BCUT2D eigenvalue weighted by molar-refractivity contribution is 6.31. The molecular formula is C25H27ClF3N5O3. The molecule has 0 saturated carbocycles. The van der Waals surface area contributed by atoms with Crippen molar-refractivity contribution in [1.29, 1.82) is 0 Å². The Labute approximate surface area is 217 Å². The molecule has 1 saturated heterocycles. The molecule has 3 amide bonds. The lowest BCUT2D eigenvalue weighted by Crippen LogP contribution is -2.45. The van der Waals surface area contributed by atoms with Crippen LogP contribution in [0.1, 0.15) is 29.5 Å². The molecule has 8 nitrogen and oxygen atoms in total. The topological polar surface area (TPSA) is 100 Å². The van der Waals surface area contributed by atoms with Crippen LogP contribution in [0.15, 0.2) is 59.9 Å². The summed E-state index contributed by atoms with van der Waals surface area (Å²) in [5.41, 5.74) is 6.10. The van der Waals surface area contributed by atoms with E-state index in [1.165, 1.54) is 7.11 Å². The average molecular weight is 538 g/mol. The number of nitrogens with one attached hydrogen (secondary N) is 1. The molecule has 0 bridgehead atoms. The van der Waals surface area contributed by atoms with Gasteiger partial charge >= 0.3 is 18.3 Å².